The van der Waals surface area contributed by atoms with Crippen molar-refractivity contribution in [1.29, 1.82) is 0 Å². The van der Waals surface area contributed by atoms with E-state index in [0.29, 0.717) is 17.1 Å². The minimum absolute atomic E-state index is 0.101. The first-order valence-corrected chi connectivity index (χ1v) is 5.20. The van der Waals surface area contributed by atoms with Crippen LogP contribution in [0.4, 0.5) is 5.69 Å². The molecular formula is C12H7N3O3. The SMILES string of the molecule is O=[N+]([O-])c1cnc2oc(-c3ccccc3)nc2c1. The third-order valence-electron chi connectivity index (χ3n) is 2.46. The molecule has 0 bridgehead atoms. The number of fused-ring (bicyclic) bond motifs is 1. The van der Waals surface area contributed by atoms with E-state index in [1.54, 1.807) is 0 Å². The number of rotatable bonds is 2. The van der Waals surface area contributed by atoms with E-state index in [0.717, 1.165) is 11.8 Å². The number of oxazole rings is 1. The van der Waals surface area contributed by atoms with E-state index < -0.39 is 4.92 Å². The molecule has 0 fully saturated rings. The summed E-state index contributed by atoms with van der Waals surface area (Å²) in [6, 6.07) is 10.6. The van der Waals surface area contributed by atoms with Gasteiger partial charge in [0, 0.05) is 11.6 Å². The Kier molecular flexibility index (Phi) is 2.26. The van der Waals surface area contributed by atoms with Gasteiger partial charge in [-0.2, -0.15) is 0 Å². The van der Waals surface area contributed by atoms with Gasteiger partial charge in [0.1, 0.15) is 11.7 Å². The molecule has 3 aromatic rings. The van der Waals surface area contributed by atoms with Crippen molar-refractivity contribution in [3.05, 3.63) is 52.7 Å². The summed E-state index contributed by atoms with van der Waals surface area (Å²) in [5.41, 5.74) is 1.37. The second-order valence-electron chi connectivity index (χ2n) is 3.66. The molecular weight excluding hydrogens is 234 g/mol. The molecule has 0 saturated carbocycles. The summed E-state index contributed by atoms with van der Waals surface area (Å²) in [5.74, 6) is 0.401. The number of hydrogen-bond acceptors (Lipinski definition) is 5. The van der Waals surface area contributed by atoms with Gasteiger partial charge in [-0.1, -0.05) is 18.2 Å². The zero-order chi connectivity index (χ0) is 12.5. The van der Waals surface area contributed by atoms with Crippen LogP contribution in [0, 0.1) is 10.1 Å². The Hall–Kier alpha value is -2.76. The first-order valence-electron chi connectivity index (χ1n) is 5.20. The summed E-state index contributed by atoms with van der Waals surface area (Å²) in [6.45, 7) is 0. The lowest BCUT2D eigenvalue weighted by molar-refractivity contribution is -0.385. The lowest BCUT2D eigenvalue weighted by Crippen LogP contribution is -1.88. The highest BCUT2D eigenvalue weighted by molar-refractivity contribution is 5.74. The number of pyridine rings is 1. The van der Waals surface area contributed by atoms with Crippen LogP contribution in [0.1, 0.15) is 0 Å². The number of nitro groups is 1. The fourth-order valence-electron chi connectivity index (χ4n) is 1.62. The Balaban J connectivity index is 2.14. The van der Waals surface area contributed by atoms with Crippen LogP contribution in [0.25, 0.3) is 22.7 Å². The summed E-state index contributed by atoms with van der Waals surface area (Å²) in [6.07, 6.45) is 1.16. The second kappa shape index (κ2) is 3.92. The van der Waals surface area contributed by atoms with Gasteiger partial charge in [0.25, 0.3) is 5.69 Å². The van der Waals surface area contributed by atoms with Gasteiger partial charge in [0.2, 0.25) is 11.6 Å². The van der Waals surface area contributed by atoms with Crippen molar-refractivity contribution in [2.45, 2.75) is 0 Å². The molecule has 0 aliphatic rings. The lowest BCUT2D eigenvalue weighted by Gasteiger charge is -1.91. The van der Waals surface area contributed by atoms with E-state index in [2.05, 4.69) is 9.97 Å². The Morgan fingerprint density at radius 3 is 2.72 bits per heavy atom. The second-order valence-corrected chi connectivity index (χ2v) is 3.66. The van der Waals surface area contributed by atoms with Crippen LogP contribution in [0.5, 0.6) is 0 Å². The fraction of sp³-hybridized carbons (Fsp3) is 0. The Bertz CT molecular complexity index is 722. The van der Waals surface area contributed by atoms with Gasteiger partial charge >= 0.3 is 0 Å². The largest absolute Gasteiger partial charge is 0.418 e. The third kappa shape index (κ3) is 1.69. The number of nitrogens with zero attached hydrogens (tertiary/aromatic N) is 3. The predicted molar refractivity (Wildman–Crippen MR) is 63.9 cm³/mol. The summed E-state index contributed by atoms with van der Waals surface area (Å²) in [7, 11) is 0. The van der Waals surface area contributed by atoms with Gasteiger partial charge < -0.3 is 4.42 Å². The third-order valence-corrected chi connectivity index (χ3v) is 2.46. The van der Waals surface area contributed by atoms with E-state index >= 15 is 0 Å². The van der Waals surface area contributed by atoms with Crippen LogP contribution in [0.2, 0.25) is 0 Å². The topological polar surface area (TPSA) is 82.1 Å². The van der Waals surface area contributed by atoms with E-state index in [4.69, 9.17) is 4.42 Å². The molecule has 3 rings (SSSR count). The molecule has 0 amide bonds. The molecule has 0 N–H and O–H groups in total. The zero-order valence-electron chi connectivity index (χ0n) is 9.11. The van der Waals surface area contributed by atoms with Crippen LogP contribution in [-0.4, -0.2) is 14.9 Å². The van der Waals surface area contributed by atoms with E-state index in [9.17, 15) is 10.1 Å². The summed E-state index contributed by atoms with van der Waals surface area (Å²) in [4.78, 5) is 18.2. The van der Waals surface area contributed by atoms with Gasteiger partial charge in [-0.05, 0) is 12.1 Å². The van der Waals surface area contributed by atoms with Crippen molar-refractivity contribution in [2.24, 2.45) is 0 Å². The van der Waals surface area contributed by atoms with E-state index in [1.807, 2.05) is 30.3 Å². The highest BCUT2D eigenvalue weighted by Crippen LogP contribution is 2.24. The molecule has 6 nitrogen and oxygen atoms in total. The summed E-state index contributed by atoms with van der Waals surface area (Å²) >= 11 is 0. The molecule has 1 aromatic carbocycles. The molecule has 0 spiro atoms. The fourth-order valence-corrected chi connectivity index (χ4v) is 1.62. The van der Waals surface area contributed by atoms with Crippen LogP contribution >= 0.6 is 0 Å². The van der Waals surface area contributed by atoms with Crippen molar-refractivity contribution in [3.63, 3.8) is 0 Å². The number of aromatic nitrogens is 2. The first-order chi connectivity index (χ1) is 8.74. The summed E-state index contributed by atoms with van der Waals surface area (Å²) < 4.78 is 5.44. The van der Waals surface area contributed by atoms with Gasteiger partial charge in [-0.25, -0.2) is 9.97 Å². The van der Waals surface area contributed by atoms with Gasteiger partial charge in [-0.3, -0.25) is 10.1 Å². The van der Waals surface area contributed by atoms with Gasteiger partial charge in [0.15, 0.2) is 0 Å². The maximum absolute atomic E-state index is 10.6. The molecule has 0 unspecified atom stereocenters. The predicted octanol–water partition coefficient (Wildman–Crippen LogP) is 2.80. The number of benzene rings is 1. The van der Waals surface area contributed by atoms with Crippen molar-refractivity contribution in [3.8, 4) is 11.5 Å². The summed E-state index contributed by atoms with van der Waals surface area (Å²) in [5, 5.41) is 10.6. The minimum atomic E-state index is -0.511. The molecule has 0 aliphatic carbocycles. The quantitative estimate of drug-likeness (QED) is 0.509. The maximum atomic E-state index is 10.6. The molecule has 6 heteroatoms. The normalized spacial score (nSPS) is 10.7. The van der Waals surface area contributed by atoms with Crippen molar-refractivity contribution < 1.29 is 9.34 Å². The first kappa shape index (κ1) is 10.4. The average molecular weight is 241 g/mol. The molecule has 0 radical (unpaired) electrons. The van der Waals surface area contributed by atoms with Crippen LogP contribution in [0.3, 0.4) is 0 Å². The molecule has 0 atom stereocenters. The van der Waals surface area contributed by atoms with Crippen molar-refractivity contribution >= 4 is 16.9 Å². The zero-order valence-corrected chi connectivity index (χ0v) is 9.11. The molecule has 18 heavy (non-hydrogen) atoms. The highest BCUT2D eigenvalue weighted by Gasteiger charge is 2.13. The molecule has 2 heterocycles. The monoisotopic (exact) mass is 241 g/mol. The molecule has 0 aliphatic heterocycles. The Morgan fingerprint density at radius 2 is 2.00 bits per heavy atom. The van der Waals surface area contributed by atoms with E-state index in [1.165, 1.54) is 6.07 Å². The Labute approximate surface area is 101 Å². The lowest BCUT2D eigenvalue weighted by atomic mass is 10.2. The standard InChI is InChI=1S/C12H7N3O3/c16-15(17)9-6-10-12(13-7-9)18-11(14-10)8-4-2-1-3-5-8/h1-7H. The van der Waals surface area contributed by atoms with Crippen molar-refractivity contribution in [2.75, 3.05) is 0 Å². The van der Waals surface area contributed by atoms with Crippen LogP contribution in [0.15, 0.2) is 47.0 Å². The molecule has 2 aromatic heterocycles. The molecule has 0 saturated heterocycles. The highest BCUT2D eigenvalue weighted by atomic mass is 16.6. The Morgan fingerprint density at radius 1 is 1.22 bits per heavy atom. The number of hydrogen-bond donors (Lipinski definition) is 0. The maximum Gasteiger partial charge on any atom is 0.290 e. The van der Waals surface area contributed by atoms with Crippen LogP contribution in [-0.2, 0) is 0 Å². The minimum Gasteiger partial charge on any atom is -0.418 e. The molecule has 88 valence electrons. The van der Waals surface area contributed by atoms with E-state index in [-0.39, 0.29) is 5.69 Å². The van der Waals surface area contributed by atoms with Crippen molar-refractivity contribution in [1.82, 2.24) is 9.97 Å². The van der Waals surface area contributed by atoms with Gasteiger partial charge in [-0.15, -0.1) is 0 Å². The van der Waals surface area contributed by atoms with Crippen LogP contribution < -0.4 is 0 Å². The van der Waals surface area contributed by atoms with Gasteiger partial charge in [0.05, 0.1) is 4.92 Å². The average Bonchev–Trinajstić information content (AvgIpc) is 2.82. The smallest absolute Gasteiger partial charge is 0.290 e.